The second kappa shape index (κ2) is 7.30. The molecule has 2 aromatic rings. The summed E-state index contributed by atoms with van der Waals surface area (Å²) in [5, 5.41) is 7.08. The maximum Gasteiger partial charge on any atom is 0.0468 e. The third-order valence-corrected chi connectivity index (χ3v) is 4.43. The van der Waals surface area contributed by atoms with Gasteiger partial charge in [-0.3, -0.25) is 0 Å². The Balaban J connectivity index is 2.20. The van der Waals surface area contributed by atoms with Crippen LogP contribution in [0.25, 0.3) is 0 Å². The molecule has 19 heavy (non-hydrogen) atoms. The van der Waals surface area contributed by atoms with Crippen molar-refractivity contribution in [1.29, 1.82) is 0 Å². The minimum absolute atomic E-state index is 0.239. The van der Waals surface area contributed by atoms with Crippen molar-refractivity contribution in [2.75, 3.05) is 6.54 Å². The molecule has 2 rings (SSSR count). The molecule has 1 atom stereocenters. The summed E-state index contributed by atoms with van der Waals surface area (Å²) in [6, 6.07) is 10.2. The van der Waals surface area contributed by atoms with Crippen molar-refractivity contribution >= 4 is 34.5 Å². The van der Waals surface area contributed by atoms with Crippen LogP contribution in [0.4, 0.5) is 0 Å². The maximum absolute atomic E-state index is 6.32. The van der Waals surface area contributed by atoms with Crippen LogP contribution in [0.1, 0.15) is 29.8 Å². The summed E-state index contributed by atoms with van der Waals surface area (Å²) in [7, 11) is 0. The monoisotopic (exact) mass is 313 g/mol. The van der Waals surface area contributed by atoms with E-state index in [4.69, 9.17) is 23.2 Å². The molecule has 0 bridgehead atoms. The van der Waals surface area contributed by atoms with Crippen LogP contribution < -0.4 is 5.32 Å². The van der Waals surface area contributed by atoms with Gasteiger partial charge in [0.15, 0.2) is 0 Å². The lowest BCUT2D eigenvalue weighted by molar-refractivity contribution is 0.532. The van der Waals surface area contributed by atoms with Gasteiger partial charge in [0.25, 0.3) is 0 Å². The zero-order chi connectivity index (χ0) is 13.7. The Morgan fingerprint density at radius 3 is 2.74 bits per heavy atom. The molecule has 0 saturated heterocycles. The number of benzene rings is 1. The molecule has 4 heteroatoms. The second-order valence-corrected chi connectivity index (χ2v) is 6.33. The number of hydrogen-bond donors (Lipinski definition) is 1. The first-order valence-corrected chi connectivity index (χ1v) is 8.05. The fourth-order valence-corrected chi connectivity index (χ4v) is 3.32. The molecule has 0 saturated carbocycles. The molecule has 1 unspecified atom stereocenters. The summed E-state index contributed by atoms with van der Waals surface area (Å²) in [4.78, 5) is 1.36. The zero-order valence-corrected chi connectivity index (χ0v) is 13.2. The number of thiophene rings is 1. The van der Waals surface area contributed by atoms with Crippen LogP contribution in [-0.4, -0.2) is 6.54 Å². The van der Waals surface area contributed by atoms with Crippen LogP contribution in [0.3, 0.4) is 0 Å². The SMILES string of the molecule is CCCNC(Cc1cccs1)c1ccc(Cl)cc1Cl. The van der Waals surface area contributed by atoms with Crippen LogP contribution in [0, 0.1) is 0 Å². The van der Waals surface area contributed by atoms with E-state index in [2.05, 4.69) is 29.8 Å². The lowest BCUT2D eigenvalue weighted by atomic mass is 10.0. The van der Waals surface area contributed by atoms with Crippen LogP contribution >= 0.6 is 34.5 Å². The van der Waals surface area contributed by atoms with Gasteiger partial charge in [-0.1, -0.05) is 42.3 Å². The van der Waals surface area contributed by atoms with Gasteiger partial charge in [-0.25, -0.2) is 0 Å². The summed E-state index contributed by atoms with van der Waals surface area (Å²) in [6.45, 7) is 3.15. The number of rotatable bonds is 6. The molecule has 0 spiro atoms. The van der Waals surface area contributed by atoms with Crippen molar-refractivity contribution in [2.24, 2.45) is 0 Å². The van der Waals surface area contributed by atoms with Crippen molar-refractivity contribution < 1.29 is 0 Å². The predicted octanol–water partition coefficient (Wildman–Crippen LogP) is 5.34. The van der Waals surface area contributed by atoms with Crippen molar-refractivity contribution in [3.8, 4) is 0 Å². The minimum Gasteiger partial charge on any atom is -0.310 e. The van der Waals surface area contributed by atoms with Crippen molar-refractivity contribution in [3.63, 3.8) is 0 Å². The molecule has 1 N–H and O–H groups in total. The van der Waals surface area contributed by atoms with Crippen molar-refractivity contribution in [1.82, 2.24) is 5.32 Å². The lowest BCUT2D eigenvalue weighted by Gasteiger charge is -2.19. The Kier molecular flexibility index (Phi) is 5.71. The third kappa shape index (κ3) is 4.22. The van der Waals surface area contributed by atoms with Gasteiger partial charge in [0.2, 0.25) is 0 Å². The van der Waals surface area contributed by atoms with Gasteiger partial charge in [-0.05, 0) is 42.1 Å². The van der Waals surface area contributed by atoms with E-state index in [9.17, 15) is 0 Å². The first kappa shape index (κ1) is 14.9. The Bertz CT molecular complexity index is 511. The Morgan fingerprint density at radius 1 is 1.26 bits per heavy atom. The molecule has 0 aliphatic rings. The molecule has 1 aromatic heterocycles. The molecule has 0 aliphatic carbocycles. The van der Waals surface area contributed by atoms with Crippen LogP contribution in [0.15, 0.2) is 35.7 Å². The van der Waals surface area contributed by atoms with Crippen LogP contribution in [0.5, 0.6) is 0 Å². The molecular formula is C15H17Cl2NS. The Morgan fingerprint density at radius 2 is 2.11 bits per heavy atom. The van der Waals surface area contributed by atoms with Gasteiger partial charge in [-0.15, -0.1) is 11.3 Å². The smallest absolute Gasteiger partial charge is 0.0468 e. The fourth-order valence-electron chi connectivity index (χ4n) is 2.02. The highest BCUT2D eigenvalue weighted by atomic mass is 35.5. The van der Waals surface area contributed by atoms with Crippen LogP contribution in [0.2, 0.25) is 10.0 Å². The molecule has 1 nitrogen and oxygen atoms in total. The molecule has 102 valence electrons. The standard InChI is InChI=1S/C15H17Cl2NS/c1-2-7-18-15(10-12-4-3-8-19-12)13-6-5-11(16)9-14(13)17/h3-6,8-9,15,18H,2,7,10H2,1H3. The van der Waals surface area contributed by atoms with E-state index in [1.54, 1.807) is 11.3 Å². The van der Waals surface area contributed by atoms with Gasteiger partial charge < -0.3 is 5.32 Å². The first-order chi connectivity index (χ1) is 9.20. The summed E-state index contributed by atoms with van der Waals surface area (Å²) in [5.74, 6) is 0. The van der Waals surface area contributed by atoms with Crippen molar-refractivity contribution in [2.45, 2.75) is 25.8 Å². The van der Waals surface area contributed by atoms with Gasteiger partial charge in [0.1, 0.15) is 0 Å². The van der Waals surface area contributed by atoms with E-state index < -0.39 is 0 Å². The third-order valence-electron chi connectivity index (χ3n) is 2.96. The summed E-state index contributed by atoms with van der Waals surface area (Å²) in [5.41, 5.74) is 1.12. The zero-order valence-electron chi connectivity index (χ0n) is 10.8. The van der Waals surface area contributed by atoms with E-state index >= 15 is 0 Å². The summed E-state index contributed by atoms with van der Waals surface area (Å²) in [6.07, 6.45) is 2.06. The number of nitrogens with one attached hydrogen (secondary N) is 1. The topological polar surface area (TPSA) is 12.0 Å². The molecule has 0 aliphatic heterocycles. The molecule has 1 aromatic carbocycles. The average Bonchev–Trinajstić information content (AvgIpc) is 2.88. The normalized spacial score (nSPS) is 12.6. The Hall–Kier alpha value is -0.540. The quantitative estimate of drug-likeness (QED) is 0.759. The molecule has 0 radical (unpaired) electrons. The van der Waals surface area contributed by atoms with E-state index in [-0.39, 0.29) is 6.04 Å². The predicted molar refractivity (Wildman–Crippen MR) is 85.5 cm³/mol. The second-order valence-electron chi connectivity index (χ2n) is 4.46. The van der Waals surface area contributed by atoms with E-state index in [0.717, 1.165) is 30.0 Å². The van der Waals surface area contributed by atoms with Crippen LogP contribution in [-0.2, 0) is 6.42 Å². The average molecular weight is 314 g/mol. The maximum atomic E-state index is 6.32. The molecule has 0 fully saturated rings. The molecular weight excluding hydrogens is 297 g/mol. The van der Waals surface area contributed by atoms with E-state index in [0.29, 0.717) is 5.02 Å². The van der Waals surface area contributed by atoms with E-state index in [1.807, 2.05) is 18.2 Å². The van der Waals surface area contributed by atoms with Gasteiger partial charge in [0, 0.05) is 27.4 Å². The summed E-state index contributed by atoms with van der Waals surface area (Å²) < 4.78 is 0. The molecule has 0 amide bonds. The van der Waals surface area contributed by atoms with Gasteiger partial charge >= 0.3 is 0 Å². The fraction of sp³-hybridized carbons (Fsp3) is 0.333. The highest BCUT2D eigenvalue weighted by Gasteiger charge is 2.15. The highest BCUT2D eigenvalue weighted by Crippen LogP contribution is 2.29. The van der Waals surface area contributed by atoms with Gasteiger partial charge in [-0.2, -0.15) is 0 Å². The molecule has 1 heterocycles. The Labute approximate surface area is 128 Å². The van der Waals surface area contributed by atoms with E-state index in [1.165, 1.54) is 4.88 Å². The number of hydrogen-bond acceptors (Lipinski definition) is 2. The minimum atomic E-state index is 0.239. The largest absolute Gasteiger partial charge is 0.310 e. The van der Waals surface area contributed by atoms with Gasteiger partial charge in [0.05, 0.1) is 0 Å². The highest BCUT2D eigenvalue weighted by molar-refractivity contribution is 7.09. The lowest BCUT2D eigenvalue weighted by Crippen LogP contribution is -2.24. The summed E-state index contributed by atoms with van der Waals surface area (Å²) >= 11 is 14.1. The first-order valence-electron chi connectivity index (χ1n) is 6.41. The number of halogens is 2. The van der Waals surface area contributed by atoms with Crippen molar-refractivity contribution in [3.05, 3.63) is 56.2 Å².